The van der Waals surface area contributed by atoms with Crippen molar-refractivity contribution < 1.29 is 9.90 Å². The van der Waals surface area contributed by atoms with E-state index in [-0.39, 0.29) is 11.7 Å². The maximum Gasteiger partial charge on any atom is 0.158 e. The van der Waals surface area contributed by atoms with Gasteiger partial charge in [0.05, 0.1) is 0 Å². The Labute approximate surface area is 55.9 Å². The van der Waals surface area contributed by atoms with E-state index in [1.165, 1.54) is 6.92 Å². The zero-order valence-electron chi connectivity index (χ0n) is 6.22. The summed E-state index contributed by atoms with van der Waals surface area (Å²) in [5, 5.41) is 9.05. The molecular formula is C7H14O2. The highest BCUT2D eigenvalue weighted by atomic mass is 16.3. The summed E-state index contributed by atoms with van der Waals surface area (Å²) in [6.45, 7) is 5.24. The van der Waals surface area contributed by atoms with Gasteiger partial charge in [-0.3, -0.25) is 4.79 Å². The lowest BCUT2D eigenvalue weighted by Gasteiger charge is -2.12. The van der Waals surface area contributed by atoms with Crippen LogP contribution in [0.25, 0.3) is 0 Å². The van der Waals surface area contributed by atoms with Gasteiger partial charge in [-0.25, -0.2) is 0 Å². The summed E-state index contributed by atoms with van der Waals surface area (Å²) in [4.78, 5) is 10.5. The van der Waals surface area contributed by atoms with E-state index in [4.69, 9.17) is 5.11 Å². The van der Waals surface area contributed by atoms with Crippen molar-refractivity contribution in [1.29, 1.82) is 0 Å². The standard InChI is InChI=1S/C7H14O2/c1-4-5(2)7(9)6(3)8/h5,7,9H,4H2,1-3H3/t5-,7+/m0/s1. The van der Waals surface area contributed by atoms with Crippen LogP contribution < -0.4 is 0 Å². The summed E-state index contributed by atoms with van der Waals surface area (Å²) in [7, 11) is 0. The van der Waals surface area contributed by atoms with Crippen molar-refractivity contribution >= 4 is 5.78 Å². The van der Waals surface area contributed by atoms with Gasteiger partial charge in [-0.2, -0.15) is 0 Å². The molecular weight excluding hydrogens is 116 g/mol. The van der Waals surface area contributed by atoms with E-state index in [1.807, 2.05) is 13.8 Å². The van der Waals surface area contributed by atoms with Crippen molar-refractivity contribution in [2.24, 2.45) is 5.92 Å². The van der Waals surface area contributed by atoms with E-state index >= 15 is 0 Å². The summed E-state index contributed by atoms with van der Waals surface area (Å²) < 4.78 is 0. The van der Waals surface area contributed by atoms with E-state index in [0.29, 0.717) is 0 Å². The summed E-state index contributed by atoms with van der Waals surface area (Å²) in [6, 6.07) is 0. The van der Waals surface area contributed by atoms with Crippen LogP contribution >= 0.6 is 0 Å². The van der Waals surface area contributed by atoms with Crippen molar-refractivity contribution in [1.82, 2.24) is 0 Å². The molecule has 0 aromatic heterocycles. The Kier molecular flexibility index (Phi) is 3.47. The Hall–Kier alpha value is -0.370. The average molecular weight is 130 g/mol. The lowest BCUT2D eigenvalue weighted by molar-refractivity contribution is -0.127. The van der Waals surface area contributed by atoms with E-state index in [1.54, 1.807) is 0 Å². The van der Waals surface area contributed by atoms with Crippen LogP contribution in [0.4, 0.5) is 0 Å². The van der Waals surface area contributed by atoms with Crippen molar-refractivity contribution in [2.75, 3.05) is 0 Å². The number of Topliss-reactive ketones (excluding diaryl/α,β-unsaturated/α-hetero) is 1. The molecule has 2 atom stereocenters. The topological polar surface area (TPSA) is 37.3 Å². The maximum atomic E-state index is 10.5. The van der Waals surface area contributed by atoms with Crippen LogP contribution in [0.5, 0.6) is 0 Å². The first kappa shape index (κ1) is 8.63. The SMILES string of the molecule is CC[C@H](C)[C@@H](O)C(C)=O. The minimum atomic E-state index is -0.755. The van der Waals surface area contributed by atoms with Gasteiger partial charge in [-0.05, 0) is 12.8 Å². The molecule has 0 aliphatic rings. The lowest BCUT2D eigenvalue weighted by atomic mass is 9.99. The number of ketones is 1. The molecule has 0 heterocycles. The van der Waals surface area contributed by atoms with Gasteiger partial charge in [0.25, 0.3) is 0 Å². The fourth-order valence-electron chi connectivity index (χ4n) is 0.624. The molecule has 0 bridgehead atoms. The van der Waals surface area contributed by atoms with Crippen molar-refractivity contribution in [3.8, 4) is 0 Å². The van der Waals surface area contributed by atoms with E-state index in [2.05, 4.69) is 0 Å². The average Bonchev–Trinajstić information content (AvgIpc) is 1.84. The highest BCUT2D eigenvalue weighted by molar-refractivity contribution is 5.80. The lowest BCUT2D eigenvalue weighted by Crippen LogP contribution is -2.24. The zero-order valence-corrected chi connectivity index (χ0v) is 6.22. The van der Waals surface area contributed by atoms with Crippen LogP contribution in [0, 0.1) is 5.92 Å². The molecule has 1 N–H and O–H groups in total. The Morgan fingerprint density at radius 2 is 2.11 bits per heavy atom. The minimum Gasteiger partial charge on any atom is -0.385 e. The molecule has 0 fully saturated rings. The third kappa shape index (κ3) is 2.61. The van der Waals surface area contributed by atoms with Crippen LogP contribution in [0.15, 0.2) is 0 Å². The molecule has 0 aliphatic carbocycles. The fraction of sp³-hybridized carbons (Fsp3) is 0.857. The molecule has 0 aromatic carbocycles. The predicted molar refractivity (Wildman–Crippen MR) is 36.1 cm³/mol. The van der Waals surface area contributed by atoms with Crippen LogP contribution in [-0.2, 0) is 4.79 Å². The number of aliphatic hydroxyl groups is 1. The van der Waals surface area contributed by atoms with Crippen LogP contribution in [0.1, 0.15) is 27.2 Å². The number of hydrogen-bond donors (Lipinski definition) is 1. The van der Waals surface area contributed by atoms with E-state index in [0.717, 1.165) is 6.42 Å². The van der Waals surface area contributed by atoms with E-state index in [9.17, 15) is 4.79 Å². The Bertz CT molecular complexity index is 99.1. The molecule has 54 valence electrons. The Balaban J connectivity index is 3.72. The first-order valence-corrected chi connectivity index (χ1v) is 3.28. The van der Waals surface area contributed by atoms with Crippen LogP contribution in [-0.4, -0.2) is 17.0 Å². The molecule has 2 nitrogen and oxygen atoms in total. The van der Waals surface area contributed by atoms with E-state index < -0.39 is 6.10 Å². The second-order valence-electron chi connectivity index (χ2n) is 2.44. The molecule has 0 rings (SSSR count). The van der Waals surface area contributed by atoms with Gasteiger partial charge in [-0.15, -0.1) is 0 Å². The van der Waals surface area contributed by atoms with Crippen molar-refractivity contribution in [3.05, 3.63) is 0 Å². The Morgan fingerprint density at radius 3 is 2.22 bits per heavy atom. The van der Waals surface area contributed by atoms with Gasteiger partial charge in [0.1, 0.15) is 6.10 Å². The predicted octanol–water partition coefficient (Wildman–Crippen LogP) is 0.982. The second-order valence-corrected chi connectivity index (χ2v) is 2.44. The van der Waals surface area contributed by atoms with Gasteiger partial charge >= 0.3 is 0 Å². The monoisotopic (exact) mass is 130 g/mol. The van der Waals surface area contributed by atoms with Crippen molar-refractivity contribution in [2.45, 2.75) is 33.3 Å². The molecule has 9 heavy (non-hydrogen) atoms. The number of aliphatic hydroxyl groups excluding tert-OH is 1. The molecule has 0 amide bonds. The normalized spacial score (nSPS) is 16.9. The smallest absolute Gasteiger partial charge is 0.158 e. The molecule has 0 radical (unpaired) electrons. The van der Waals surface area contributed by atoms with Gasteiger partial charge in [-0.1, -0.05) is 20.3 Å². The van der Waals surface area contributed by atoms with Gasteiger partial charge in [0.2, 0.25) is 0 Å². The third-order valence-corrected chi connectivity index (χ3v) is 1.60. The highest BCUT2D eigenvalue weighted by Crippen LogP contribution is 2.07. The number of hydrogen-bond acceptors (Lipinski definition) is 2. The Morgan fingerprint density at radius 1 is 1.67 bits per heavy atom. The molecule has 0 spiro atoms. The number of carbonyl (C=O) groups excluding carboxylic acids is 1. The molecule has 2 heteroatoms. The van der Waals surface area contributed by atoms with Gasteiger partial charge in [0, 0.05) is 0 Å². The molecule has 0 saturated heterocycles. The van der Waals surface area contributed by atoms with Gasteiger partial charge in [0.15, 0.2) is 5.78 Å². The molecule has 0 saturated carbocycles. The van der Waals surface area contributed by atoms with Crippen LogP contribution in [0.2, 0.25) is 0 Å². The first-order valence-electron chi connectivity index (χ1n) is 3.28. The summed E-state index contributed by atoms with van der Waals surface area (Å²) in [6.07, 6.45) is 0.0933. The van der Waals surface area contributed by atoms with Crippen LogP contribution in [0.3, 0.4) is 0 Å². The summed E-state index contributed by atoms with van der Waals surface area (Å²) in [5.41, 5.74) is 0. The number of carbonyl (C=O) groups is 1. The molecule has 0 unspecified atom stereocenters. The fourth-order valence-corrected chi connectivity index (χ4v) is 0.624. The largest absolute Gasteiger partial charge is 0.385 e. The summed E-state index contributed by atoms with van der Waals surface area (Å²) in [5.74, 6) is -0.0353. The first-order chi connectivity index (χ1) is 4.09. The quantitative estimate of drug-likeness (QED) is 0.618. The van der Waals surface area contributed by atoms with Gasteiger partial charge < -0.3 is 5.11 Å². The highest BCUT2D eigenvalue weighted by Gasteiger charge is 2.15. The summed E-state index contributed by atoms with van der Waals surface area (Å²) >= 11 is 0. The zero-order chi connectivity index (χ0) is 7.44. The second kappa shape index (κ2) is 3.62. The molecule has 0 aromatic rings. The minimum absolute atomic E-state index is 0.0995. The molecule has 0 aliphatic heterocycles. The third-order valence-electron chi connectivity index (χ3n) is 1.60. The van der Waals surface area contributed by atoms with Crippen molar-refractivity contribution in [3.63, 3.8) is 0 Å². The number of rotatable bonds is 3. The maximum absolute atomic E-state index is 10.5.